The maximum Gasteiger partial charge on any atom is 0.407 e. The molecule has 0 aliphatic rings. The molecule has 0 bridgehead atoms. The zero-order valence-electron chi connectivity index (χ0n) is 24.3. The van der Waals surface area contributed by atoms with Crippen LogP contribution in [0.2, 0.25) is 0 Å². The van der Waals surface area contributed by atoms with Crippen LogP contribution < -0.4 is 16.0 Å². The minimum absolute atomic E-state index is 0.00707. The summed E-state index contributed by atoms with van der Waals surface area (Å²) in [6.07, 6.45) is 7.52. The molecule has 1 rings (SSSR count). The van der Waals surface area contributed by atoms with E-state index in [9.17, 15) is 24.3 Å². The number of unbranched alkanes of at least 4 members (excludes halogenated alkanes) is 3. The van der Waals surface area contributed by atoms with Gasteiger partial charge in [-0.1, -0.05) is 42.5 Å². The lowest BCUT2D eigenvalue weighted by Gasteiger charge is -2.23. The van der Waals surface area contributed by atoms with E-state index in [4.69, 9.17) is 9.47 Å². The number of aliphatic hydroxyl groups excluding tert-OH is 1. The fraction of sp³-hybridized carbons (Fsp3) is 0.548. The average molecular weight is 574 g/mol. The maximum atomic E-state index is 13.1. The third-order valence-electron chi connectivity index (χ3n) is 6.23. The summed E-state index contributed by atoms with van der Waals surface area (Å²) in [7, 11) is 0. The molecule has 0 aromatic heterocycles. The van der Waals surface area contributed by atoms with Gasteiger partial charge in [0.1, 0.15) is 13.2 Å². The smallest absolute Gasteiger partial charge is 0.407 e. The first kappa shape index (κ1) is 35.4. The largest absolute Gasteiger partial charge is 0.463 e. The van der Waals surface area contributed by atoms with Gasteiger partial charge in [-0.2, -0.15) is 0 Å². The van der Waals surface area contributed by atoms with Gasteiger partial charge >= 0.3 is 12.1 Å². The molecule has 228 valence electrons. The number of hydrogen-bond acceptors (Lipinski definition) is 7. The van der Waals surface area contributed by atoms with Gasteiger partial charge in [0.2, 0.25) is 11.8 Å². The number of benzene rings is 1. The molecular formula is C31H47N3O7. The molecule has 0 fully saturated rings. The van der Waals surface area contributed by atoms with Crippen LogP contribution in [0, 0.1) is 5.92 Å². The van der Waals surface area contributed by atoms with E-state index < -0.39 is 24.1 Å². The highest BCUT2D eigenvalue weighted by Crippen LogP contribution is 2.13. The Labute approximate surface area is 243 Å². The van der Waals surface area contributed by atoms with E-state index in [0.717, 1.165) is 18.4 Å². The number of aliphatic hydroxyl groups is 1. The van der Waals surface area contributed by atoms with Gasteiger partial charge in [-0.3, -0.25) is 14.4 Å². The fourth-order valence-electron chi connectivity index (χ4n) is 3.91. The predicted octanol–water partition coefficient (Wildman–Crippen LogP) is 3.94. The van der Waals surface area contributed by atoms with Crippen LogP contribution in [-0.4, -0.2) is 60.8 Å². The molecule has 0 aliphatic heterocycles. The van der Waals surface area contributed by atoms with Crippen molar-refractivity contribution in [3.63, 3.8) is 0 Å². The van der Waals surface area contributed by atoms with Crippen molar-refractivity contribution in [2.75, 3.05) is 19.8 Å². The highest BCUT2D eigenvalue weighted by molar-refractivity contribution is 5.86. The van der Waals surface area contributed by atoms with Gasteiger partial charge in [-0.15, -0.1) is 13.2 Å². The van der Waals surface area contributed by atoms with Crippen LogP contribution in [0.5, 0.6) is 0 Å². The normalized spacial score (nSPS) is 12.7. The highest BCUT2D eigenvalue weighted by atomic mass is 16.5. The Hall–Kier alpha value is -3.66. The third-order valence-corrected chi connectivity index (χ3v) is 6.23. The Morgan fingerprint density at radius 3 is 2.41 bits per heavy atom. The second kappa shape index (κ2) is 22.1. The van der Waals surface area contributed by atoms with Crippen LogP contribution >= 0.6 is 0 Å². The Bertz CT molecular complexity index is 939. The number of alkyl carbamates (subject to hydrolysis) is 1. The molecule has 1 aromatic carbocycles. The lowest BCUT2D eigenvalue weighted by molar-refractivity contribution is -0.145. The van der Waals surface area contributed by atoms with Crippen LogP contribution in [0.3, 0.4) is 0 Å². The minimum atomic E-state index is -0.656. The molecule has 0 aliphatic carbocycles. The van der Waals surface area contributed by atoms with E-state index in [1.54, 1.807) is 19.1 Å². The molecule has 0 saturated carbocycles. The van der Waals surface area contributed by atoms with Gasteiger partial charge in [0, 0.05) is 25.4 Å². The van der Waals surface area contributed by atoms with Crippen molar-refractivity contribution in [2.45, 2.75) is 83.4 Å². The first-order valence-electron chi connectivity index (χ1n) is 14.3. The predicted molar refractivity (Wildman–Crippen MR) is 158 cm³/mol. The molecule has 41 heavy (non-hydrogen) atoms. The maximum absolute atomic E-state index is 13.1. The Kier molecular flexibility index (Phi) is 19.0. The summed E-state index contributed by atoms with van der Waals surface area (Å²) in [5.41, 5.74) is 0.895. The summed E-state index contributed by atoms with van der Waals surface area (Å²) in [4.78, 5) is 49.6. The van der Waals surface area contributed by atoms with Crippen molar-refractivity contribution >= 4 is 23.9 Å². The van der Waals surface area contributed by atoms with E-state index in [-0.39, 0.29) is 56.9 Å². The molecule has 0 radical (unpaired) electrons. The Balaban J connectivity index is 2.60. The van der Waals surface area contributed by atoms with Crippen molar-refractivity contribution in [2.24, 2.45) is 5.92 Å². The van der Waals surface area contributed by atoms with Gasteiger partial charge in [0.15, 0.2) is 0 Å². The van der Waals surface area contributed by atoms with Gasteiger partial charge in [0.05, 0.1) is 18.6 Å². The summed E-state index contributed by atoms with van der Waals surface area (Å²) in [5, 5.41) is 17.5. The van der Waals surface area contributed by atoms with Crippen molar-refractivity contribution < 1.29 is 33.8 Å². The molecule has 1 aromatic rings. The SMILES string of the molecule is C=CCCCCC(=O)OC[C@H](CCCCNC(=O)OCc1ccccc1)NC(=O)[C@H](CC=C)CC(=O)N[C@H](C)CO. The van der Waals surface area contributed by atoms with Crippen LogP contribution in [0.4, 0.5) is 4.79 Å². The lowest BCUT2D eigenvalue weighted by Crippen LogP contribution is -2.44. The van der Waals surface area contributed by atoms with E-state index in [1.165, 1.54) is 0 Å². The molecule has 0 spiro atoms. The summed E-state index contributed by atoms with van der Waals surface area (Å²) in [6.45, 7) is 9.40. The molecule has 0 saturated heterocycles. The molecule has 10 heteroatoms. The molecule has 3 atom stereocenters. The zero-order chi connectivity index (χ0) is 30.3. The number of carbonyl (C=O) groups is 4. The quantitative estimate of drug-likeness (QED) is 0.0935. The molecular weight excluding hydrogens is 526 g/mol. The van der Waals surface area contributed by atoms with Gasteiger partial charge in [0.25, 0.3) is 0 Å². The van der Waals surface area contributed by atoms with Crippen molar-refractivity contribution in [1.82, 2.24) is 16.0 Å². The first-order chi connectivity index (χ1) is 19.8. The standard InChI is InChI=1S/C31H47N3O7/c1-4-6-7-11-18-29(37)40-23-27(34-30(38)26(14-5-2)20-28(36)33-24(3)21-35)17-12-13-19-32-31(39)41-22-25-15-9-8-10-16-25/h4-5,8-10,15-16,24,26-27,35H,1-2,6-7,11-14,17-23H2,3H3,(H,32,39)(H,33,36)(H,34,38)/t24-,26-,27+/m1/s1. The first-order valence-corrected chi connectivity index (χ1v) is 14.3. The average Bonchev–Trinajstić information content (AvgIpc) is 2.96. The summed E-state index contributed by atoms with van der Waals surface area (Å²) >= 11 is 0. The Morgan fingerprint density at radius 1 is 0.976 bits per heavy atom. The van der Waals surface area contributed by atoms with E-state index in [2.05, 4.69) is 29.1 Å². The van der Waals surface area contributed by atoms with E-state index in [0.29, 0.717) is 32.2 Å². The second-order valence-electron chi connectivity index (χ2n) is 9.98. The Morgan fingerprint density at radius 2 is 1.73 bits per heavy atom. The second-order valence-corrected chi connectivity index (χ2v) is 9.98. The van der Waals surface area contributed by atoms with Crippen molar-refractivity contribution in [3.8, 4) is 0 Å². The molecule has 3 amide bonds. The topological polar surface area (TPSA) is 143 Å². The van der Waals surface area contributed by atoms with E-state index in [1.807, 2.05) is 30.3 Å². The number of allylic oxidation sites excluding steroid dienone is 2. The number of esters is 1. The minimum Gasteiger partial charge on any atom is -0.463 e. The highest BCUT2D eigenvalue weighted by Gasteiger charge is 2.24. The number of nitrogens with one attached hydrogen (secondary N) is 3. The number of rotatable bonds is 22. The molecule has 0 unspecified atom stereocenters. The molecule has 4 N–H and O–H groups in total. The summed E-state index contributed by atoms with van der Waals surface area (Å²) < 4.78 is 10.7. The number of carbonyl (C=O) groups excluding carboxylic acids is 4. The molecule has 10 nitrogen and oxygen atoms in total. The number of ether oxygens (including phenoxy) is 2. The van der Waals surface area contributed by atoms with Crippen LogP contribution in [0.15, 0.2) is 55.6 Å². The van der Waals surface area contributed by atoms with Gasteiger partial charge in [-0.05, 0) is 57.4 Å². The number of hydrogen-bond donors (Lipinski definition) is 4. The summed E-state index contributed by atoms with van der Waals surface area (Å²) in [6, 6.07) is 8.50. The monoisotopic (exact) mass is 573 g/mol. The lowest BCUT2D eigenvalue weighted by atomic mass is 9.98. The van der Waals surface area contributed by atoms with Crippen molar-refractivity contribution in [1.29, 1.82) is 0 Å². The zero-order valence-corrected chi connectivity index (χ0v) is 24.3. The van der Waals surface area contributed by atoms with Crippen LogP contribution in [-0.2, 0) is 30.5 Å². The van der Waals surface area contributed by atoms with Crippen LogP contribution in [0.25, 0.3) is 0 Å². The van der Waals surface area contributed by atoms with Crippen molar-refractivity contribution in [3.05, 3.63) is 61.2 Å². The summed E-state index contributed by atoms with van der Waals surface area (Å²) in [5.74, 6) is -1.68. The number of amides is 3. The van der Waals surface area contributed by atoms with Gasteiger partial charge < -0.3 is 30.5 Å². The molecule has 0 heterocycles. The van der Waals surface area contributed by atoms with Gasteiger partial charge in [-0.25, -0.2) is 4.79 Å². The fourth-order valence-corrected chi connectivity index (χ4v) is 3.91. The van der Waals surface area contributed by atoms with E-state index >= 15 is 0 Å². The van der Waals surface area contributed by atoms with Crippen LogP contribution in [0.1, 0.15) is 70.3 Å². The third kappa shape index (κ3) is 17.6.